The van der Waals surface area contributed by atoms with Crippen LogP contribution in [0, 0.1) is 0 Å². The van der Waals surface area contributed by atoms with Crippen LogP contribution >= 0.6 is 22.9 Å². The molecule has 1 aromatic rings. The molecular formula is C12H16ClNOS. The highest BCUT2D eigenvalue weighted by Crippen LogP contribution is 2.29. The molecule has 1 unspecified atom stereocenters. The molecule has 1 aromatic heterocycles. The van der Waals surface area contributed by atoms with E-state index in [-0.39, 0.29) is 11.3 Å². The number of aryl methyl sites for hydroxylation is 2. The highest BCUT2D eigenvalue weighted by atomic mass is 35.5. The van der Waals surface area contributed by atoms with Crippen LogP contribution in [-0.2, 0) is 12.8 Å². The van der Waals surface area contributed by atoms with Crippen molar-refractivity contribution in [1.29, 1.82) is 0 Å². The minimum absolute atomic E-state index is 0.0152. The molecule has 88 valence electrons. The van der Waals surface area contributed by atoms with Gasteiger partial charge < -0.3 is 5.32 Å². The van der Waals surface area contributed by atoms with Gasteiger partial charge >= 0.3 is 0 Å². The number of amides is 1. The molecule has 1 aliphatic carbocycles. The zero-order chi connectivity index (χ0) is 11.5. The molecule has 4 heteroatoms. The van der Waals surface area contributed by atoms with E-state index in [0.29, 0.717) is 6.54 Å². The van der Waals surface area contributed by atoms with Crippen LogP contribution in [0.2, 0.25) is 0 Å². The molecule has 0 bridgehead atoms. The summed E-state index contributed by atoms with van der Waals surface area (Å²) < 4.78 is 0. The standard InChI is InChI=1S/C12H16ClNOS/c1-8(13)7-14-12(15)11-6-9-4-2-3-5-10(9)16-11/h6,8H,2-5,7H2,1H3,(H,14,15). The molecule has 0 saturated carbocycles. The predicted molar refractivity (Wildman–Crippen MR) is 68.6 cm³/mol. The topological polar surface area (TPSA) is 29.1 Å². The van der Waals surface area contributed by atoms with Gasteiger partial charge in [-0.3, -0.25) is 4.79 Å². The maximum absolute atomic E-state index is 11.8. The molecular weight excluding hydrogens is 242 g/mol. The fraction of sp³-hybridized carbons (Fsp3) is 0.583. The van der Waals surface area contributed by atoms with E-state index in [9.17, 15) is 4.79 Å². The first-order valence-electron chi connectivity index (χ1n) is 5.70. The number of carbonyl (C=O) groups excluding carboxylic acids is 1. The maximum Gasteiger partial charge on any atom is 0.261 e. The largest absolute Gasteiger partial charge is 0.350 e. The summed E-state index contributed by atoms with van der Waals surface area (Å²) in [6.07, 6.45) is 4.78. The van der Waals surface area contributed by atoms with Crippen molar-refractivity contribution < 1.29 is 4.79 Å². The van der Waals surface area contributed by atoms with Crippen LogP contribution in [0.15, 0.2) is 6.07 Å². The molecule has 1 heterocycles. The van der Waals surface area contributed by atoms with Gasteiger partial charge in [-0.05, 0) is 44.2 Å². The van der Waals surface area contributed by atoms with Gasteiger partial charge in [-0.1, -0.05) is 0 Å². The molecule has 0 radical (unpaired) electrons. The molecule has 0 aromatic carbocycles. The van der Waals surface area contributed by atoms with E-state index in [0.717, 1.165) is 17.7 Å². The van der Waals surface area contributed by atoms with E-state index in [4.69, 9.17) is 11.6 Å². The van der Waals surface area contributed by atoms with Gasteiger partial charge in [0.1, 0.15) is 0 Å². The van der Waals surface area contributed by atoms with Gasteiger partial charge in [-0.25, -0.2) is 0 Å². The number of fused-ring (bicyclic) bond motifs is 1. The van der Waals surface area contributed by atoms with Gasteiger partial charge in [0, 0.05) is 16.8 Å². The summed E-state index contributed by atoms with van der Waals surface area (Å²) >= 11 is 7.44. The Kier molecular flexibility index (Phi) is 3.87. The van der Waals surface area contributed by atoms with Gasteiger partial charge in [-0.15, -0.1) is 22.9 Å². The third-order valence-corrected chi connectivity index (χ3v) is 4.15. The average molecular weight is 258 g/mol. The highest BCUT2D eigenvalue weighted by molar-refractivity contribution is 7.14. The second-order valence-corrected chi connectivity index (χ2v) is 6.14. The van der Waals surface area contributed by atoms with Crippen molar-refractivity contribution in [2.24, 2.45) is 0 Å². The smallest absolute Gasteiger partial charge is 0.261 e. The van der Waals surface area contributed by atoms with Crippen molar-refractivity contribution in [3.05, 3.63) is 21.4 Å². The highest BCUT2D eigenvalue weighted by Gasteiger charge is 2.17. The Bertz CT molecular complexity index is 363. The first-order chi connectivity index (χ1) is 7.66. The summed E-state index contributed by atoms with van der Waals surface area (Å²) in [7, 11) is 0. The third-order valence-electron chi connectivity index (χ3n) is 2.76. The normalized spacial score (nSPS) is 16.6. The summed E-state index contributed by atoms with van der Waals surface area (Å²) in [6, 6.07) is 2.05. The second kappa shape index (κ2) is 5.19. The zero-order valence-electron chi connectivity index (χ0n) is 9.38. The Morgan fingerprint density at radius 1 is 1.56 bits per heavy atom. The van der Waals surface area contributed by atoms with Crippen LogP contribution in [0.25, 0.3) is 0 Å². The quantitative estimate of drug-likeness (QED) is 0.829. The zero-order valence-corrected chi connectivity index (χ0v) is 11.0. The summed E-state index contributed by atoms with van der Waals surface area (Å²) in [4.78, 5) is 14.0. The first-order valence-corrected chi connectivity index (χ1v) is 6.96. The Morgan fingerprint density at radius 3 is 3.00 bits per heavy atom. The number of halogens is 1. The van der Waals surface area contributed by atoms with Crippen LogP contribution in [0.1, 0.15) is 39.9 Å². The van der Waals surface area contributed by atoms with Crippen LogP contribution in [0.4, 0.5) is 0 Å². The molecule has 0 aliphatic heterocycles. The number of carbonyl (C=O) groups is 1. The molecule has 2 nitrogen and oxygen atoms in total. The summed E-state index contributed by atoms with van der Waals surface area (Å²) in [6.45, 7) is 2.41. The number of alkyl halides is 1. The average Bonchev–Trinajstić information content (AvgIpc) is 2.69. The van der Waals surface area contributed by atoms with Crippen LogP contribution < -0.4 is 5.32 Å². The van der Waals surface area contributed by atoms with E-state index in [1.807, 2.05) is 13.0 Å². The lowest BCUT2D eigenvalue weighted by Gasteiger charge is -2.08. The van der Waals surface area contributed by atoms with Crippen molar-refractivity contribution in [3.63, 3.8) is 0 Å². The van der Waals surface area contributed by atoms with Gasteiger partial charge in [0.15, 0.2) is 0 Å². The van der Waals surface area contributed by atoms with Gasteiger partial charge in [-0.2, -0.15) is 0 Å². The number of thiophene rings is 1. The van der Waals surface area contributed by atoms with Crippen molar-refractivity contribution in [3.8, 4) is 0 Å². The second-order valence-electron chi connectivity index (χ2n) is 4.26. The van der Waals surface area contributed by atoms with Crippen LogP contribution in [0.5, 0.6) is 0 Å². The minimum Gasteiger partial charge on any atom is -0.350 e. The van der Waals surface area contributed by atoms with E-state index in [2.05, 4.69) is 5.32 Å². The fourth-order valence-electron chi connectivity index (χ4n) is 1.92. The monoisotopic (exact) mass is 257 g/mol. The molecule has 0 spiro atoms. The molecule has 2 rings (SSSR count). The lowest BCUT2D eigenvalue weighted by atomic mass is 9.99. The van der Waals surface area contributed by atoms with Gasteiger partial charge in [0.25, 0.3) is 5.91 Å². The van der Waals surface area contributed by atoms with Crippen molar-refractivity contribution >= 4 is 28.8 Å². The van der Waals surface area contributed by atoms with E-state index in [1.54, 1.807) is 11.3 Å². The van der Waals surface area contributed by atoms with Crippen molar-refractivity contribution in [2.45, 2.75) is 38.0 Å². The van der Waals surface area contributed by atoms with Crippen molar-refractivity contribution in [2.75, 3.05) is 6.54 Å². The Hall–Kier alpha value is -0.540. The Morgan fingerprint density at radius 2 is 2.31 bits per heavy atom. The molecule has 1 atom stereocenters. The molecule has 1 amide bonds. The predicted octanol–water partition coefficient (Wildman–Crippen LogP) is 2.98. The van der Waals surface area contributed by atoms with Crippen LogP contribution in [0.3, 0.4) is 0 Å². The number of nitrogens with one attached hydrogen (secondary N) is 1. The first kappa shape index (κ1) is 11.9. The molecule has 1 aliphatic rings. The molecule has 1 N–H and O–H groups in total. The third kappa shape index (κ3) is 2.77. The fourth-order valence-corrected chi connectivity index (χ4v) is 3.17. The lowest BCUT2D eigenvalue weighted by molar-refractivity contribution is 0.0958. The summed E-state index contributed by atoms with van der Waals surface area (Å²) in [5.74, 6) is 0.0203. The number of hydrogen-bond acceptors (Lipinski definition) is 2. The van der Waals surface area contributed by atoms with Crippen molar-refractivity contribution in [1.82, 2.24) is 5.32 Å². The summed E-state index contributed by atoms with van der Waals surface area (Å²) in [5, 5.41) is 2.83. The maximum atomic E-state index is 11.8. The minimum atomic E-state index is -0.0152. The Labute approximate surface area is 105 Å². The summed E-state index contributed by atoms with van der Waals surface area (Å²) in [5.41, 5.74) is 1.38. The molecule has 0 saturated heterocycles. The van der Waals surface area contributed by atoms with E-state index >= 15 is 0 Å². The van der Waals surface area contributed by atoms with Gasteiger partial charge in [0.05, 0.1) is 4.88 Å². The SMILES string of the molecule is CC(Cl)CNC(=O)c1cc2c(s1)CCCC2. The lowest BCUT2D eigenvalue weighted by Crippen LogP contribution is -2.27. The van der Waals surface area contributed by atoms with Crippen LogP contribution in [-0.4, -0.2) is 17.8 Å². The number of rotatable bonds is 3. The van der Waals surface area contributed by atoms with E-state index < -0.39 is 0 Å². The molecule has 16 heavy (non-hydrogen) atoms. The number of hydrogen-bond donors (Lipinski definition) is 1. The van der Waals surface area contributed by atoms with E-state index in [1.165, 1.54) is 23.3 Å². The molecule has 0 fully saturated rings. The Balaban J connectivity index is 2.03. The van der Waals surface area contributed by atoms with Gasteiger partial charge in [0.2, 0.25) is 0 Å².